The number of carbonyl (C=O) groups excluding carboxylic acids is 2. The molecule has 2 rings (SSSR count). The van der Waals surface area contributed by atoms with Gasteiger partial charge in [-0.15, -0.1) is 0 Å². The van der Waals surface area contributed by atoms with E-state index in [1.807, 2.05) is 0 Å². The first kappa shape index (κ1) is 13.9. The van der Waals surface area contributed by atoms with Gasteiger partial charge in [0.15, 0.2) is 0 Å². The van der Waals surface area contributed by atoms with Gasteiger partial charge in [-0.1, -0.05) is 0 Å². The van der Waals surface area contributed by atoms with Crippen molar-refractivity contribution in [3.8, 4) is 0 Å². The van der Waals surface area contributed by atoms with Gasteiger partial charge in [-0.25, -0.2) is 0 Å². The van der Waals surface area contributed by atoms with Crippen molar-refractivity contribution in [3.63, 3.8) is 0 Å². The number of nitro groups is 1. The van der Waals surface area contributed by atoms with Gasteiger partial charge in [0.1, 0.15) is 13.2 Å². The van der Waals surface area contributed by atoms with Crippen molar-refractivity contribution in [2.45, 2.75) is 6.54 Å². The topological polar surface area (TPSA) is 128 Å². The summed E-state index contributed by atoms with van der Waals surface area (Å²) >= 11 is 0. The number of non-ortho nitro benzene ring substituents is 1. The quantitative estimate of drug-likeness (QED) is 0.337. The lowest BCUT2D eigenvalue weighted by Gasteiger charge is -2.25. The molecule has 1 aromatic carbocycles. The van der Waals surface area contributed by atoms with E-state index < -0.39 is 16.7 Å². The molecular formula is C11H12N4O5. The Morgan fingerprint density at radius 1 is 1.35 bits per heavy atom. The number of amides is 2. The number of hydrazine groups is 1. The van der Waals surface area contributed by atoms with Crippen LogP contribution in [0.1, 0.15) is 5.56 Å². The van der Waals surface area contributed by atoms with E-state index >= 15 is 0 Å². The van der Waals surface area contributed by atoms with E-state index in [9.17, 15) is 19.7 Å². The van der Waals surface area contributed by atoms with E-state index in [4.69, 9.17) is 10.6 Å². The van der Waals surface area contributed by atoms with Crippen molar-refractivity contribution in [2.75, 3.05) is 18.6 Å². The highest BCUT2D eigenvalue weighted by molar-refractivity contribution is 5.98. The average molecular weight is 280 g/mol. The van der Waals surface area contributed by atoms with Crippen LogP contribution in [-0.2, 0) is 20.9 Å². The molecule has 0 radical (unpaired) electrons. The molecule has 0 spiro atoms. The Morgan fingerprint density at radius 2 is 2.00 bits per heavy atom. The fourth-order valence-electron chi connectivity index (χ4n) is 1.83. The molecule has 2 amide bonds. The predicted molar refractivity (Wildman–Crippen MR) is 67.3 cm³/mol. The van der Waals surface area contributed by atoms with Crippen LogP contribution in [0.25, 0.3) is 0 Å². The van der Waals surface area contributed by atoms with Crippen LogP contribution in [0.4, 0.5) is 11.4 Å². The molecule has 9 nitrogen and oxygen atoms in total. The number of nitro benzene ring substituents is 1. The van der Waals surface area contributed by atoms with Crippen molar-refractivity contribution in [3.05, 3.63) is 33.9 Å². The Morgan fingerprint density at radius 3 is 2.55 bits per heavy atom. The van der Waals surface area contributed by atoms with E-state index in [0.717, 1.165) is 4.90 Å². The summed E-state index contributed by atoms with van der Waals surface area (Å²) in [4.78, 5) is 34.4. The second-order valence-corrected chi connectivity index (χ2v) is 4.11. The molecule has 1 aliphatic rings. The summed E-state index contributed by atoms with van der Waals surface area (Å²) in [6, 6.07) is 3.97. The molecule has 106 valence electrons. The van der Waals surface area contributed by atoms with E-state index in [1.165, 1.54) is 18.2 Å². The number of imide groups is 1. The minimum Gasteiger partial charge on any atom is -0.362 e. The summed E-state index contributed by atoms with van der Waals surface area (Å²) in [7, 11) is 0. The molecule has 0 bridgehead atoms. The maximum absolute atomic E-state index is 11.6. The maximum Gasteiger partial charge on any atom is 0.269 e. The van der Waals surface area contributed by atoms with E-state index in [1.54, 1.807) is 0 Å². The molecule has 0 unspecified atom stereocenters. The molecule has 0 aromatic heterocycles. The number of ether oxygens (including phenoxy) is 1. The molecule has 1 aromatic rings. The highest BCUT2D eigenvalue weighted by Crippen LogP contribution is 2.23. The van der Waals surface area contributed by atoms with Crippen molar-refractivity contribution in [1.82, 2.24) is 4.90 Å². The normalized spacial score (nSPS) is 15.3. The lowest BCUT2D eigenvalue weighted by atomic mass is 10.1. The van der Waals surface area contributed by atoms with Crippen LogP contribution in [0, 0.1) is 10.1 Å². The zero-order chi connectivity index (χ0) is 14.7. The Labute approximate surface area is 113 Å². The summed E-state index contributed by atoms with van der Waals surface area (Å²) in [5.41, 5.74) is 3.02. The molecule has 3 N–H and O–H groups in total. The van der Waals surface area contributed by atoms with Crippen LogP contribution in [0.2, 0.25) is 0 Å². The van der Waals surface area contributed by atoms with Gasteiger partial charge in [0.2, 0.25) is 0 Å². The second-order valence-electron chi connectivity index (χ2n) is 4.11. The SMILES string of the molecule is NNc1ccc([N+](=O)[O-])cc1CN1C(=O)COCC1=O. The third-order valence-electron chi connectivity index (χ3n) is 2.84. The highest BCUT2D eigenvalue weighted by Gasteiger charge is 2.27. The third kappa shape index (κ3) is 2.73. The predicted octanol–water partition coefficient (Wildman–Crippen LogP) is -0.234. The number of morpholine rings is 1. The number of nitrogens with zero attached hydrogens (tertiary/aromatic N) is 2. The molecule has 1 heterocycles. The van der Waals surface area contributed by atoms with Crippen molar-refractivity contribution < 1.29 is 19.2 Å². The van der Waals surface area contributed by atoms with Crippen molar-refractivity contribution in [1.29, 1.82) is 0 Å². The Hall–Kier alpha value is -2.52. The lowest BCUT2D eigenvalue weighted by molar-refractivity contribution is -0.384. The number of benzene rings is 1. The Balaban J connectivity index is 2.31. The monoisotopic (exact) mass is 280 g/mol. The number of anilines is 1. The maximum atomic E-state index is 11.6. The van der Waals surface area contributed by atoms with Gasteiger partial charge in [-0.3, -0.25) is 30.4 Å². The molecule has 0 atom stereocenters. The van der Waals surface area contributed by atoms with Crippen LogP contribution in [0.15, 0.2) is 18.2 Å². The minimum absolute atomic E-state index is 0.0950. The van der Waals surface area contributed by atoms with E-state index in [-0.39, 0.29) is 25.4 Å². The van der Waals surface area contributed by atoms with Gasteiger partial charge in [0, 0.05) is 17.7 Å². The van der Waals surface area contributed by atoms with E-state index in [2.05, 4.69) is 5.43 Å². The summed E-state index contributed by atoms with van der Waals surface area (Å²) in [5, 5.41) is 10.8. The lowest BCUT2D eigenvalue weighted by Crippen LogP contribution is -2.45. The summed E-state index contributed by atoms with van der Waals surface area (Å²) < 4.78 is 4.79. The van der Waals surface area contributed by atoms with E-state index in [0.29, 0.717) is 11.3 Å². The van der Waals surface area contributed by atoms with Gasteiger partial charge in [-0.2, -0.15) is 0 Å². The van der Waals surface area contributed by atoms with Crippen molar-refractivity contribution in [2.24, 2.45) is 5.84 Å². The fraction of sp³-hybridized carbons (Fsp3) is 0.273. The van der Waals surface area contributed by atoms with Crippen LogP contribution in [0.5, 0.6) is 0 Å². The Bertz CT molecular complexity index is 558. The number of hydrogen-bond donors (Lipinski definition) is 2. The molecule has 1 saturated heterocycles. The van der Waals surface area contributed by atoms with Gasteiger partial charge >= 0.3 is 0 Å². The first-order chi connectivity index (χ1) is 9.52. The first-order valence-electron chi connectivity index (χ1n) is 5.68. The standard InChI is InChI=1S/C11H12N4O5/c12-13-9-2-1-8(15(18)19)3-7(9)4-14-10(16)5-20-6-11(14)17/h1-3,13H,4-6,12H2. The molecule has 1 fully saturated rings. The summed E-state index contributed by atoms with van der Waals surface area (Å²) in [6.07, 6.45) is 0. The molecule has 1 aliphatic heterocycles. The number of nitrogens with one attached hydrogen (secondary N) is 1. The molecule has 0 saturated carbocycles. The molecule has 9 heteroatoms. The smallest absolute Gasteiger partial charge is 0.269 e. The number of rotatable bonds is 4. The zero-order valence-corrected chi connectivity index (χ0v) is 10.4. The highest BCUT2D eigenvalue weighted by atomic mass is 16.6. The molecule has 0 aliphatic carbocycles. The Kier molecular flexibility index (Phi) is 3.91. The number of nitrogen functional groups attached to an aromatic ring is 1. The van der Waals surface area contributed by atoms with Crippen LogP contribution < -0.4 is 11.3 Å². The third-order valence-corrected chi connectivity index (χ3v) is 2.84. The zero-order valence-electron chi connectivity index (χ0n) is 10.4. The fourth-order valence-corrected chi connectivity index (χ4v) is 1.83. The van der Waals surface area contributed by atoms with Gasteiger partial charge < -0.3 is 10.2 Å². The molecule has 20 heavy (non-hydrogen) atoms. The largest absolute Gasteiger partial charge is 0.362 e. The number of nitrogens with two attached hydrogens (primary N) is 1. The molecular weight excluding hydrogens is 268 g/mol. The number of hydrogen-bond acceptors (Lipinski definition) is 7. The van der Waals surface area contributed by atoms with Crippen LogP contribution in [0.3, 0.4) is 0 Å². The minimum atomic E-state index is -0.563. The van der Waals surface area contributed by atoms with Gasteiger partial charge in [0.25, 0.3) is 17.5 Å². The first-order valence-corrected chi connectivity index (χ1v) is 5.68. The van der Waals surface area contributed by atoms with Crippen molar-refractivity contribution >= 4 is 23.2 Å². The summed E-state index contributed by atoms with van der Waals surface area (Å²) in [6.45, 7) is -0.472. The van der Waals surface area contributed by atoms with Crippen LogP contribution in [-0.4, -0.2) is 34.9 Å². The average Bonchev–Trinajstić information content (AvgIpc) is 2.42. The summed E-state index contributed by atoms with van der Waals surface area (Å²) in [5.74, 6) is 4.34. The van der Waals surface area contributed by atoms with Gasteiger partial charge in [0.05, 0.1) is 17.2 Å². The number of carbonyl (C=O) groups is 2. The van der Waals surface area contributed by atoms with Crippen LogP contribution >= 0.6 is 0 Å². The van der Waals surface area contributed by atoms with Gasteiger partial charge in [-0.05, 0) is 6.07 Å². The second kappa shape index (κ2) is 5.63.